The number of esters is 1. The van der Waals surface area contributed by atoms with Gasteiger partial charge in [-0.05, 0) is 61.9 Å². The van der Waals surface area contributed by atoms with Crippen LogP contribution in [0, 0.1) is 0 Å². The number of aromatic nitrogens is 3. The first kappa shape index (κ1) is 21.5. The summed E-state index contributed by atoms with van der Waals surface area (Å²) in [6.45, 7) is 5.25. The minimum absolute atomic E-state index is 0.0902. The lowest BCUT2D eigenvalue weighted by atomic mass is 10.2. The molecule has 164 valence electrons. The molecule has 2 aromatic heterocycles. The zero-order chi connectivity index (χ0) is 22.8. The van der Waals surface area contributed by atoms with Crippen molar-refractivity contribution < 1.29 is 19.0 Å². The molecular weight excluding hydrogens is 430 g/mol. The van der Waals surface area contributed by atoms with Crippen molar-refractivity contribution in [3.05, 3.63) is 62.9 Å². The van der Waals surface area contributed by atoms with Gasteiger partial charge in [-0.15, -0.1) is 5.10 Å². The van der Waals surface area contributed by atoms with Gasteiger partial charge in [-0.1, -0.05) is 17.4 Å². The van der Waals surface area contributed by atoms with E-state index in [0.29, 0.717) is 26.8 Å². The molecule has 4 rings (SSSR count). The fourth-order valence-corrected chi connectivity index (χ4v) is 3.98. The van der Waals surface area contributed by atoms with Crippen LogP contribution in [0.25, 0.3) is 22.4 Å². The van der Waals surface area contributed by atoms with Crippen molar-refractivity contribution in [3.63, 3.8) is 0 Å². The molecule has 4 aromatic rings. The molecule has 0 bridgehead atoms. The molecule has 0 fully saturated rings. The number of hydrogen-bond donors (Lipinski definition) is 0. The van der Waals surface area contributed by atoms with E-state index in [4.69, 9.17) is 14.2 Å². The largest absolute Gasteiger partial charge is 0.493 e. The Kier molecular flexibility index (Phi) is 5.91. The zero-order valence-electron chi connectivity index (χ0n) is 18.0. The lowest BCUT2D eigenvalue weighted by molar-refractivity contribution is -0.132. The Morgan fingerprint density at radius 1 is 1.12 bits per heavy atom. The average Bonchev–Trinajstić information content (AvgIpc) is 3.28. The van der Waals surface area contributed by atoms with Gasteiger partial charge in [0.2, 0.25) is 4.96 Å². The van der Waals surface area contributed by atoms with E-state index in [-0.39, 0.29) is 11.7 Å². The van der Waals surface area contributed by atoms with Crippen LogP contribution in [0.4, 0.5) is 0 Å². The Labute approximate surface area is 187 Å². The highest BCUT2D eigenvalue weighted by molar-refractivity contribution is 7.15. The Morgan fingerprint density at radius 3 is 2.50 bits per heavy atom. The number of fused-ring (bicyclic) bond motifs is 1. The minimum atomic E-state index is -0.440. The second-order valence-corrected chi connectivity index (χ2v) is 8.25. The van der Waals surface area contributed by atoms with Crippen molar-refractivity contribution in [2.24, 2.45) is 0 Å². The second-order valence-electron chi connectivity index (χ2n) is 7.24. The molecule has 0 spiro atoms. The number of carbonyl (C=O) groups excluding carboxylic acids is 1. The molecule has 0 saturated heterocycles. The summed E-state index contributed by atoms with van der Waals surface area (Å²) in [5.41, 5.74) is 1.26. The summed E-state index contributed by atoms with van der Waals surface area (Å²) in [4.78, 5) is 29.1. The molecule has 2 heterocycles. The summed E-state index contributed by atoms with van der Waals surface area (Å²) in [7, 11) is 1.48. The molecule has 0 aliphatic carbocycles. The van der Waals surface area contributed by atoms with Gasteiger partial charge in [-0.2, -0.15) is 9.50 Å². The van der Waals surface area contributed by atoms with Crippen molar-refractivity contribution in [3.8, 4) is 28.6 Å². The van der Waals surface area contributed by atoms with Crippen LogP contribution in [0.5, 0.6) is 17.2 Å². The van der Waals surface area contributed by atoms with Gasteiger partial charge >= 0.3 is 5.97 Å². The van der Waals surface area contributed by atoms with E-state index >= 15 is 0 Å². The molecule has 0 saturated carbocycles. The number of benzene rings is 2. The molecule has 0 radical (unpaired) electrons. The number of rotatable bonds is 6. The lowest BCUT2D eigenvalue weighted by Gasteiger charge is -2.09. The first-order valence-electron chi connectivity index (χ1n) is 9.89. The Hall–Kier alpha value is -3.72. The van der Waals surface area contributed by atoms with Crippen LogP contribution < -0.4 is 24.3 Å². The number of nitrogens with zero attached hydrogens (tertiary/aromatic N) is 3. The average molecular weight is 452 g/mol. The molecular formula is C23H21N3O5S. The van der Waals surface area contributed by atoms with E-state index in [1.165, 1.54) is 29.9 Å². The van der Waals surface area contributed by atoms with Crippen LogP contribution in [0.2, 0.25) is 0 Å². The van der Waals surface area contributed by atoms with Crippen molar-refractivity contribution in [2.75, 3.05) is 7.11 Å². The van der Waals surface area contributed by atoms with E-state index in [2.05, 4.69) is 10.1 Å². The third-order valence-electron chi connectivity index (χ3n) is 4.41. The fourth-order valence-electron chi connectivity index (χ4n) is 3.08. The maximum atomic E-state index is 12.8. The molecule has 9 heteroatoms. The smallest absolute Gasteiger partial charge is 0.308 e. The highest BCUT2D eigenvalue weighted by Gasteiger charge is 2.13. The summed E-state index contributed by atoms with van der Waals surface area (Å²) in [5.74, 6) is 1.51. The maximum Gasteiger partial charge on any atom is 0.308 e. The topological polar surface area (TPSA) is 92.0 Å². The van der Waals surface area contributed by atoms with Gasteiger partial charge < -0.3 is 14.2 Å². The number of ether oxygens (including phenoxy) is 3. The summed E-state index contributed by atoms with van der Waals surface area (Å²) < 4.78 is 17.8. The van der Waals surface area contributed by atoms with Crippen molar-refractivity contribution in [1.29, 1.82) is 0 Å². The number of carbonyl (C=O) groups is 1. The number of thiazole rings is 1. The molecule has 2 aromatic carbocycles. The van der Waals surface area contributed by atoms with Gasteiger partial charge in [0.25, 0.3) is 5.56 Å². The predicted molar refractivity (Wildman–Crippen MR) is 121 cm³/mol. The second kappa shape index (κ2) is 8.80. The first-order valence-corrected chi connectivity index (χ1v) is 10.7. The first-order chi connectivity index (χ1) is 15.3. The summed E-state index contributed by atoms with van der Waals surface area (Å²) >= 11 is 1.24. The molecule has 0 amide bonds. The SMILES string of the molecule is COc1cc(C=c2sc3nc(-c4ccc(OC(C)C)cc4)nn3c2=O)ccc1OC(C)=O. The van der Waals surface area contributed by atoms with Gasteiger partial charge in [0.15, 0.2) is 17.3 Å². The van der Waals surface area contributed by atoms with Gasteiger partial charge in [-0.3, -0.25) is 9.59 Å². The molecule has 32 heavy (non-hydrogen) atoms. The zero-order valence-corrected chi connectivity index (χ0v) is 18.8. The fraction of sp³-hybridized carbons (Fsp3) is 0.217. The van der Waals surface area contributed by atoms with Gasteiger partial charge in [0.05, 0.1) is 17.7 Å². The minimum Gasteiger partial charge on any atom is -0.493 e. The highest BCUT2D eigenvalue weighted by Crippen LogP contribution is 2.28. The lowest BCUT2D eigenvalue weighted by Crippen LogP contribution is -2.23. The Morgan fingerprint density at radius 2 is 1.88 bits per heavy atom. The Balaban J connectivity index is 1.65. The van der Waals surface area contributed by atoms with E-state index in [9.17, 15) is 9.59 Å². The van der Waals surface area contributed by atoms with E-state index in [1.54, 1.807) is 24.3 Å². The van der Waals surface area contributed by atoms with Crippen molar-refractivity contribution in [1.82, 2.24) is 14.6 Å². The monoisotopic (exact) mass is 451 g/mol. The summed E-state index contributed by atoms with van der Waals surface area (Å²) in [6.07, 6.45) is 1.81. The molecule has 8 nitrogen and oxygen atoms in total. The maximum absolute atomic E-state index is 12.8. The van der Waals surface area contributed by atoms with Gasteiger partial charge in [0, 0.05) is 12.5 Å². The van der Waals surface area contributed by atoms with Crippen LogP contribution in [0.1, 0.15) is 26.3 Å². The predicted octanol–water partition coefficient (Wildman–Crippen LogP) is 3.09. The van der Waals surface area contributed by atoms with E-state index in [1.807, 2.05) is 38.1 Å². The third-order valence-corrected chi connectivity index (χ3v) is 5.36. The van der Waals surface area contributed by atoms with Crippen molar-refractivity contribution in [2.45, 2.75) is 26.9 Å². The van der Waals surface area contributed by atoms with Gasteiger partial charge in [-0.25, -0.2) is 0 Å². The number of methoxy groups -OCH3 is 1. The molecule has 0 atom stereocenters. The normalized spacial score (nSPS) is 11.8. The van der Waals surface area contributed by atoms with E-state index in [0.717, 1.165) is 16.9 Å². The molecule has 0 aliphatic rings. The molecule has 0 N–H and O–H groups in total. The Bertz CT molecular complexity index is 1390. The quantitative estimate of drug-likeness (QED) is 0.329. The molecule has 0 unspecified atom stereocenters. The van der Waals surface area contributed by atoms with E-state index < -0.39 is 5.97 Å². The highest BCUT2D eigenvalue weighted by atomic mass is 32.1. The van der Waals surface area contributed by atoms with Gasteiger partial charge in [0.1, 0.15) is 5.75 Å². The summed E-state index contributed by atoms with van der Waals surface area (Å²) in [6, 6.07) is 12.5. The van der Waals surface area contributed by atoms with Crippen LogP contribution in [0.3, 0.4) is 0 Å². The van der Waals surface area contributed by atoms with Crippen LogP contribution in [-0.4, -0.2) is 33.8 Å². The number of hydrogen-bond acceptors (Lipinski definition) is 8. The van der Waals surface area contributed by atoms with Crippen molar-refractivity contribution >= 4 is 28.3 Å². The molecule has 0 aliphatic heterocycles. The van der Waals surface area contributed by atoms with Crippen LogP contribution in [0.15, 0.2) is 47.3 Å². The van der Waals surface area contributed by atoms with Crippen LogP contribution >= 0.6 is 11.3 Å². The van der Waals surface area contributed by atoms with Crippen LogP contribution in [-0.2, 0) is 4.79 Å². The standard InChI is InChI=1S/C23H21N3O5S/c1-13(2)30-17-8-6-16(7-9-17)21-24-23-26(25-21)22(28)20(32-23)12-15-5-10-18(31-14(3)27)19(11-15)29-4/h5-13H,1-4H3. The summed E-state index contributed by atoms with van der Waals surface area (Å²) in [5, 5.41) is 4.38. The third kappa shape index (κ3) is 4.47.